The second-order valence-corrected chi connectivity index (χ2v) is 4.75. The first-order valence-corrected chi connectivity index (χ1v) is 6.26. The Morgan fingerprint density at radius 2 is 2.11 bits per heavy atom. The number of rotatable bonds is 2. The zero-order valence-electron chi connectivity index (χ0n) is 9.35. The Hall–Kier alpha value is -2.14. The molecule has 0 aliphatic rings. The third kappa shape index (κ3) is 1.89. The molecule has 0 saturated carbocycles. The third-order valence-corrected chi connectivity index (χ3v) is 3.45. The highest BCUT2D eigenvalue weighted by atomic mass is 32.1. The van der Waals surface area contributed by atoms with Crippen LogP contribution in [0, 0.1) is 5.82 Å². The van der Waals surface area contributed by atoms with Gasteiger partial charge in [0, 0.05) is 5.69 Å². The Balaban J connectivity index is 1.98. The zero-order valence-corrected chi connectivity index (χ0v) is 10.2. The number of benzene rings is 2. The van der Waals surface area contributed by atoms with Crippen molar-refractivity contribution in [3.05, 3.63) is 47.7 Å². The molecule has 90 valence electrons. The van der Waals surface area contributed by atoms with Gasteiger partial charge < -0.3 is 11.1 Å². The van der Waals surface area contributed by atoms with Gasteiger partial charge in [0.2, 0.25) is 0 Å². The second kappa shape index (κ2) is 4.27. The van der Waals surface area contributed by atoms with Crippen LogP contribution in [0.1, 0.15) is 0 Å². The lowest BCUT2D eigenvalue weighted by atomic mass is 10.2. The van der Waals surface area contributed by atoms with Gasteiger partial charge in [-0.15, -0.1) is 11.3 Å². The fourth-order valence-electron chi connectivity index (χ4n) is 1.73. The molecule has 1 heterocycles. The molecule has 2 aromatic carbocycles. The summed E-state index contributed by atoms with van der Waals surface area (Å²) >= 11 is 1.56. The minimum atomic E-state index is -0.418. The molecule has 3 N–H and O–H groups in total. The molecule has 3 rings (SSSR count). The van der Waals surface area contributed by atoms with Gasteiger partial charge in [0.1, 0.15) is 5.82 Å². The van der Waals surface area contributed by atoms with E-state index >= 15 is 0 Å². The Labute approximate surface area is 107 Å². The molecule has 5 heteroatoms. The van der Waals surface area contributed by atoms with E-state index in [9.17, 15) is 4.39 Å². The highest BCUT2D eigenvalue weighted by Gasteiger charge is 2.05. The van der Waals surface area contributed by atoms with Crippen LogP contribution in [0.4, 0.5) is 21.5 Å². The molecule has 0 bridgehead atoms. The van der Waals surface area contributed by atoms with Crippen LogP contribution in [0.15, 0.2) is 41.9 Å². The molecule has 0 atom stereocenters. The summed E-state index contributed by atoms with van der Waals surface area (Å²) in [5.74, 6) is -0.418. The maximum absolute atomic E-state index is 13.3. The summed E-state index contributed by atoms with van der Waals surface area (Å²) in [5, 5.41) is 3.11. The van der Waals surface area contributed by atoms with E-state index in [2.05, 4.69) is 10.3 Å². The van der Waals surface area contributed by atoms with Gasteiger partial charge in [0.25, 0.3) is 0 Å². The summed E-state index contributed by atoms with van der Waals surface area (Å²) in [6, 6.07) is 10.5. The van der Waals surface area contributed by atoms with Crippen LogP contribution in [0.5, 0.6) is 0 Å². The number of anilines is 3. The zero-order chi connectivity index (χ0) is 12.5. The number of fused-ring (bicyclic) bond motifs is 1. The van der Waals surface area contributed by atoms with E-state index in [1.165, 1.54) is 6.07 Å². The monoisotopic (exact) mass is 259 g/mol. The van der Waals surface area contributed by atoms with Gasteiger partial charge in [-0.3, -0.25) is 0 Å². The van der Waals surface area contributed by atoms with Crippen molar-refractivity contribution in [1.29, 1.82) is 0 Å². The Kier molecular flexibility index (Phi) is 2.60. The van der Waals surface area contributed by atoms with Gasteiger partial charge in [0.05, 0.1) is 27.1 Å². The topological polar surface area (TPSA) is 50.9 Å². The van der Waals surface area contributed by atoms with Crippen molar-refractivity contribution in [3.8, 4) is 0 Å². The van der Waals surface area contributed by atoms with Crippen molar-refractivity contribution in [2.45, 2.75) is 0 Å². The normalized spacial score (nSPS) is 10.7. The number of halogens is 1. The van der Waals surface area contributed by atoms with Crippen molar-refractivity contribution in [2.75, 3.05) is 11.1 Å². The predicted octanol–water partition coefficient (Wildman–Crippen LogP) is 3.76. The molecule has 0 aliphatic heterocycles. The third-order valence-electron chi connectivity index (χ3n) is 2.66. The molecule has 0 amide bonds. The second-order valence-electron chi connectivity index (χ2n) is 3.86. The molecular formula is C13H10FN3S. The first kappa shape index (κ1) is 11.0. The molecule has 0 spiro atoms. The summed E-state index contributed by atoms with van der Waals surface area (Å²) in [4.78, 5) is 4.20. The number of nitrogens with zero attached hydrogens (tertiary/aromatic N) is 1. The minimum Gasteiger partial charge on any atom is -0.395 e. The summed E-state index contributed by atoms with van der Waals surface area (Å²) in [6.07, 6.45) is 0. The lowest BCUT2D eigenvalue weighted by Crippen LogP contribution is -1.98. The molecular weight excluding hydrogens is 249 g/mol. The SMILES string of the molecule is Nc1c(F)cccc1Nc1ccc2ncsc2c1. The van der Waals surface area contributed by atoms with Crippen molar-refractivity contribution in [1.82, 2.24) is 4.98 Å². The van der Waals surface area contributed by atoms with E-state index in [0.29, 0.717) is 5.69 Å². The lowest BCUT2D eigenvalue weighted by molar-refractivity contribution is 0.633. The van der Waals surface area contributed by atoms with Crippen LogP contribution in [0.3, 0.4) is 0 Å². The predicted molar refractivity (Wildman–Crippen MR) is 73.7 cm³/mol. The summed E-state index contributed by atoms with van der Waals surface area (Å²) in [6.45, 7) is 0. The van der Waals surface area contributed by atoms with Gasteiger partial charge >= 0.3 is 0 Å². The molecule has 0 aliphatic carbocycles. The average Bonchev–Trinajstić information content (AvgIpc) is 2.82. The Morgan fingerprint density at radius 3 is 3.00 bits per heavy atom. The molecule has 3 nitrogen and oxygen atoms in total. The highest BCUT2D eigenvalue weighted by molar-refractivity contribution is 7.16. The fraction of sp³-hybridized carbons (Fsp3) is 0. The lowest BCUT2D eigenvalue weighted by Gasteiger charge is -2.09. The maximum Gasteiger partial charge on any atom is 0.148 e. The highest BCUT2D eigenvalue weighted by Crippen LogP contribution is 2.28. The van der Waals surface area contributed by atoms with Gasteiger partial charge in [0.15, 0.2) is 0 Å². The Bertz CT molecular complexity index is 708. The molecule has 0 saturated heterocycles. The van der Waals surface area contributed by atoms with Gasteiger partial charge in [-0.1, -0.05) is 6.07 Å². The van der Waals surface area contributed by atoms with Gasteiger partial charge in [-0.05, 0) is 30.3 Å². The standard InChI is InChI=1S/C13H10FN3S/c14-9-2-1-3-11(13(9)15)17-8-4-5-10-12(6-8)18-7-16-10/h1-7,17H,15H2. The number of para-hydroxylation sites is 1. The van der Waals surface area contributed by atoms with Crippen LogP contribution in [-0.2, 0) is 0 Å². The Morgan fingerprint density at radius 1 is 1.22 bits per heavy atom. The summed E-state index contributed by atoms with van der Waals surface area (Å²) in [7, 11) is 0. The van der Waals surface area contributed by atoms with Crippen LogP contribution in [0.2, 0.25) is 0 Å². The van der Waals surface area contributed by atoms with Gasteiger partial charge in [-0.25, -0.2) is 9.37 Å². The number of nitrogen functional groups attached to an aromatic ring is 1. The van der Waals surface area contributed by atoms with Crippen LogP contribution < -0.4 is 11.1 Å². The van der Waals surface area contributed by atoms with E-state index in [1.807, 2.05) is 18.2 Å². The van der Waals surface area contributed by atoms with Crippen LogP contribution in [-0.4, -0.2) is 4.98 Å². The van der Waals surface area contributed by atoms with Crippen molar-refractivity contribution >= 4 is 38.6 Å². The molecule has 0 radical (unpaired) electrons. The number of hydrogen-bond acceptors (Lipinski definition) is 4. The number of hydrogen-bond donors (Lipinski definition) is 2. The van der Waals surface area contributed by atoms with Crippen molar-refractivity contribution in [3.63, 3.8) is 0 Å². The summed E-state index contributed by atoms with van der Waals surface area (Å²) in [5.41, 5.74) is 9.99. The molecule has 1 aromatic heterocycles. The number of nitrogens with one attached hydrogen (secondary N) is 1. The first-order chi connectivity index (χ1) is 8.74. The molecule has 18 heavy (non-hydrogen) atoms. The summed E-state index contributed by atoms with van der Waals surface area (Å²) < 4.78 is 14.4. The number of nitrogens with two attached hydrogens (primary N) is 1. The van der Waals surface area contributed by atoms with Crippen molar-refractivity contribution in [2.24, 2.45) is 0 Å². The quantitative estimate of drug-likeness (QED) is 0.689. The maximum atomic E-state index is 13.3. The molecule has 3 aromatic rings. The van der Waals surface area contributed by atoms with Crippen LogP contribution in [0.25, 0.3) is 10.2 Å². The molecule has 0 unspecified atom stereocenters. The van der Waals surface area contributed by atoms with E-state index in [1.54, 1.807) is 29.0 Å². The van der Waals surface area contributed by atoms with E-state index in [0.717, 1.165) is 15.9 Å². The minimum absolute atomic E-state index is 0.127. The first-order valence-electron chi connectivity index (χ1n) is 5.38. The number of aromatic nitrogens is 1. The van der Waals surface area contributed by atoms with E-state index < -0.39 is 5.82 Å². The van der Waals surface area contributed by atoms with E-state index in [-0.39, 0.29) is 5.69 Å². The van der Waals surface area contributed by atoms with Crippen molar-refractivity contribution < 1.29 is 4.39 Å². The smallest absolute Gasteiger partial charge is 0.148 e. The largest absolute Gasteiger partial charge is 0.395 e. The fourth-order valence-corrected chi connectivity index (χ4v) is 2.45. The van der Waals surface area contributed by atoms with E-state index in [4.69, 9.17) is 5.73 Å². The van der Waals surface area contributed by atoms with Gasteiger partial charge in [-0.2, -0.15) is 0 Å². The molecule has 0 fully saturated rings. The van der Waals surface area contributed by atoms with Crippen LogP contribution >= 0.6 is 11.3 Å². The average molecular weight is 259 g/mol. The number of thiazole rings is 1.